The molecule has 2 unspecified atom stereocenters. The van der Waals surface area contributed by atoms with Gasteiger partial charge >= 0.3 is 0 Å². The Labute approximate surface area is 130 Å². The summed E-state index contributed by atoms with van der Waals surface area (Å²) in [6.45, 7) is 2.67. The fraction of sp³-hybridized carbons (Fsp3) is 0.667. The van der Waals surface area contributed by atoms with Crippen LogP contribution in [0.25, 0.3) is 0 Å². The quantitative estimate of drug-likeness (QED) is 0.842. The molecule has 7 heteroatoms. The Kier molecular flexibility index (Phi) is 3.13. The van der Waals surface area contributed by atoms with E-state index >= 15 is 0 Å². The number of hydrogen-bond donors (Lipinski definition) is 0. The van der Waals surface area contributed by atoms with Crippen molar-refractivity contribution >= 4 is 15.9 Å². The average Bonchev–Trinajstić information content (AvgIpc) is 3.21. The summed E-state index contributed by atoms with van der Waals surface area (Å²) in [6.07, 6.45) is 4.85. The molecule has 2 saturated heterocycles. The molecule has 0 aromatic carbocycles. The molecule has 3 aliphatic rings. The Bertz CT molecular complexity index is 693. The number of amides is 1. The van der Waals surface area contributed by atoms with Crippen molar-refractivity contribution in [2.24, 2.45) is 0 Å². The van der Waals surface area contributed by atoms with Crippen molar-refractivity contribution in [1.82, 2.24) is 9.21 Å². The Balaban J connectivity index is 1.56. The number of fused-ring (bicyclic) bond motifs is 2. The molecular weight excluding hydrogens is 304 g/mol. The van der Waals surface area contributed by atoms with E-state index < -0.39 is 10.0 Å². The molecular formula is C15H20N2O4S. The minimum absolute atomic E-state index is 0.00549. The van der Waals surface area contributed by atoms with Gasteiger partial charge in [0.05, 0.1) is 17.1 Å². The molecule has 3 fully saturated rings. The molecule has 1 saturated carbocycles. The molecule has 6 nitrogen and oxygen atoms in total. The third-order valence-corrected chi connectivity index (χ3v) is 7.41. The first-order chi connectivity index (χ1) is 10.5. The first-order valence-corrected chi connectivity index (χ1v) is 9.34. The monoisotopic (exact) mass is 324 g/mol. The van der Waals surface area contributed by atoms with Crippen molar-refractivity contribution in [3.63, 3.8) is 0 Å². The maximum Gasteiger partial charge on any atom is 0.257 e. The number of piperazine rings is 1. The minimum Gasteiger partial charge on any atom is -0.469 e. The summed E-state index contributed by atoms with van der Waals surface area (Å²) in [7, 11) is -3.15. The second kappa shape index (κ2) is 4.83. The molecule has 0 radical (unpaired) electrons. The van der Waals surface area contributed by atoms with E-state index in [2.05, 4.69) is 0 Å². The van der Waals surface area contributed by atoms with Gasteiger partial charge < -0.3 is 9.32 Å². The van der Waals surface area contributed by atoms with Crippen LogP contribution in [0.4, 0.5) is 0 Å². The van der Waals surface area contributed by atoms with Crippen molar-refractivity contribution in [1.29, 1.82) is 0 Å². The van der Waals surface area contributed by atoms with Gasteiger partial charge in [0, 0.05) is 25.2 Å². The number of furan rings is 1. The molecule has 2 atom stereocenters. The standard InChI is InChI=1S/C15H20N2O4S/c1-10-14(6-7-21-10)15(18)17-11-2-3-12(17)9-16(8-11)22(19,20)13-4-5-13/h6-7,11-13H,2-5,8-9H2,1H3. The van der Waals surface area contributed by atoms with Gasteiger partial charge in [-0.3, -0.25) is 4.79 Å². The van der Waals surface area contributed by atoms with Crippen LogP contribution in [0.15, 0.2) is 16.7 Å². The second-order valence-corrected chi connectivity index (χ2v) is 8.76. The van der Waals surface area contributed by atoms with Crippen LogP contribution in [0.5, 0.6) is 0 Å². The zero-order valence-corrected chi connectivity index (χ0v) is 13.4. The van der Waals surface area contributed by atoms with Crippen LogP contribution in [0, 0.1) is 6.92 Å². The van der Waals surface area contributed by atoms with Gasteiger partial charge in [-0.05, 0) is 38.7 Å². The lowest BCUT2D eigenvalue weighted by Gasteiger charge is -2.40. The zero-order valence-electron chi connectivity index (χ0n) is 12.6. The Morgan fingerprint density at radius 2 is 1.82 bits per heavy atom. The highest BCUT2D eigenvalue weighted by Crippen LogP contribution is 2.37. The largest absolute Gasteiger partial charge is 0.469 e. The third kappa shape index (κ3) is 2.10. The summed E-state index contributed by atoms with van der Waals surface area (Å²) in [5, 5.41) is -0.176. The first-order valence-electron chi connectivity index (χ1n) is 7.84. The fourth-order valence-corrected chi connectivity index (χ4v) is 5.64. The number of carbonyl (C=O) groups is 1. The summed E-state index contributed by atoms with van der Waals surface area (Å²) >= 11 is 0. The molecule has 0 spiro atoms. The lowest BCUT2D eigenvalue weighted by atomic mass is 10.1. The van der Waals surface area contributed by atoms with Gasteiger partial charge in [-0.25, -0.2) is 8.42 Å². The highest BCUT2D eigenvalue weighted by molar-refractivity contribution is 7.90. The molecule has 3 heterocycles. The van der Waals surface area contributed by atoms with E-state index in [0.717, 1.165) is 25.7 Å². The lowest BCUT2D eigenvalue weighted by molar-refractivity contribution is 0.0540. The highest BCUT2D eigenvalue weighted by atomic mass is 32.2. The van der Waals surface area contributed by atoms with Crippen molar-refractivity contribution in [3.8, 4) is 0 Å². The van der Waals surface area contributed by atoms with Crippen molar-refractivity contribution < 1.29 is 17.6 Å². The van der Waals surface area contributed by atoms with Gasteiger partial charge in [0.15, 0.2) is 0 Å². The van der Waals surface area contributed by atoms with Crippen molar-refractivity contribution in [2.75, 3.05) is 13.1 Å². The van der Waals surface area contributed by atoms with E-state index in [1.165, 1.54) is 6.26 Å². The molecule has 2 aliphatic heterocycles. The second-order valence-electron chi connectivity index (χ2n) is 6.55. The molecule has 120 valence electrons. The predicted octanol–water partition coefficient (Wildman–Crippen LogP) is 1.37. The number of aryl methyl sites for hydroxylation is 1. The molecule has 1 aromatic heterocycles. The van der Waals surface area contributed by atoms with Gasteiger partial charge in [-0.2, -0.15) is 4.31 Å². The Morgan fingerprint density at radius 1 is 1.18 bits per heavy atom. The topological polar surface area (TPSA) is 70.8 Å². The van der Waals surface area contributed by atoms with Gasteiger partial charge in [0.25, 0.3) is 5.91 Å². The number of rotatable bonds is 3. The normalized spacial score (nSPS) is 29.0. The first kappa shape index (κ1) is 14.3. The smallest absolute Gasteiger partial charge is 0.257 e. The van der Waals surface area contributed by atoms with Crippen molar-refractivity contribution in [3.05, 3.63) is 23.7 Å². The van der Waals surface area contributed by atoms with Gasteiger partial charge in [0.2, 0.25) is 10.0 Å². The average molecular weight is 324 g/mol. The summed E-state index contributed by atoms with van der Waals surface area (Å²) in [5.41, 5.74) is 0.593. The maximum absolute atomic E-state index is 12.7. The van der Waals surface area contributed by atoms with E-state index in [9.17, 15) is 13.2 Å². The molecule has 22 heavy (non-hydrogen) atoms. The third-order valence-electron chi connectivity index (χ3n) is 5.08. The van der Waals surface area contributed by atoms with Crippen molar-refractivity contribution in [2.45, 2.75) is 49.9 Å². The minimum atomic E-state index is -3.15. The summed E-state index contributed by atoms with van der Waals surface area (Å²) in [5.74, 6) is 0.597. The van der Waals surface area contributed by atoms with Gasteiger partial charge in [0.1, 0.15) is 5.76 Å². The van der Waals surface area contributed by atoms with E-state index in [-0.39, 0.29) is 23.2 Å². The molecule has 1 aliphatic carbocycles. The van der Waals surface area contributed by atoms with Gasteiger partial charge in [-0.15, -0.1) is 0 Å². The fourth-order valence-electron chi connectivity index (χ4n) is 3.73. The predicted molar refractivity (Wildman–Crippen MR) is 79.9 cm³/mol. The van der Waals surface area contributed by atoms with E-state index in [4.69, 9.17) is 4.42 Å². The van der Waals surface area contributed by atoms with E-state index in [1.54, 1.807) is 17.3 Å². The Hall–Kier alpha value is -1.34. The molecule has 4 rings (SSSR count). The maximum atomic E-state index is 12.7. The van der Waals surface area contributed by atoms with Gasteiger partial charge in [-0.1, -0.05) is 0 Å². The van der Waals surface area contributed by atoms with Crippen LogP contribution in [0.1, 0.15) is 41.8 Å². The number of carbonyl (C=O) groups excluding carboxylic acids is 1. The summed E-state index contributed by atoms with van der Waals surface area (Å²) in [6, 6.07) is 1.69. The molecule has 2 bridgehead atoms. The van der Waals surface area contributed by atoms with Crippen LogP contribution in [0.3, 0.4) is 0 Å². The van der Waals surface area contributed by atoms with Crippen LogP contribution in [-0.4, -0.2) is 54.0 Å². The summed E-state index contributed by atoms with van der Waals surface area (Å²) < 4.78 is 31.7. The Morgan fingerprint density at radius 3 is 2.32 bits per heavy atom. The van der Waals surface area contributed by atoms with Crippen LogP contribution in [-0.2, 0) is 10.0 Å². The van der Waals surface area contributed by atoms with E-state index in [0.29, 0.717) is 24.4 Å². The number of nitrogens with zero attached hydrogens (tertiary/aromatic N) is 2. The molecule has 1 amide bonds. The molecule has 0 N–H and O–H groups in total. The number of hydrogen-bond acceptors (Lipinski definition) is 4. The van der Waals surface area contributed by atoms with Crippen LogP contribution in [0.2, 0.25) is 0 Å². The van der Waals surface area contributed by atoms with E-state index in [1.807, 2.05) is 4.90 Å². The lowest BCUT2D eigenvalue weighted by Crippen LogP contribution is -2.57. The SMILES string of the molecule is Cc1occc1C(=O)N1C2CCC1CN(S(=O)(=O)C1CC1)C2. The van der Waals surface area contributed by atoms with Crippen LogP contribution < -0.4 is 0 Å². The molecule has 1 aromatic rings. The highest BCUT2D eigenvalue weighted by Gasteiger charge is 2.49. The number of sulfonamides is 1. The summed E-state index contributed by atoms with van der Waals surface area (Å²) in [4.78, 5) is 14.6. The zero-order chi connectivity index (χ0) is 15.5. The van der Waals surface area contributed by atoms with Crippen LogP contribution >= 0.6 is 0 Å².